The Labute approximate surface area is 185 Å². The number of carbonyl (C=O) groups is 1. The van der Waals surface area contributed by atoms with Crippen LogP contribution in [-0.4, -0.2) is 17.1 Å². The molecule has 0 aromatic heterocycles. The zero-order valence-corrected chi connectivity index (χ0v) is 19.5. The zero-order valence-electron chi connectivity index (χ0n) is 19.5. The quantitative estimate of drug-likeness (QED) is 0.196. The van der Waals surface area contributed by atoms with Crippen LogP contribution in [0.25, 0.3) is 0 Å². The summed E-state index contributed by atoms with van der Waals surface area (Å²) in [4.78, 5) is 12.1. The second kappa shape index (κ2) is 18.2. The number of amides is 1. The fourth-order valence-corrected chi connectivity index (χ4v) is 3.70. The molecule has 0 aliphatic rings. The number of unbranched alkanes of at least 4 members (excludes halogenated alkanes) is 11. The topological polar surface area (TPSA) is 49.3 Å². The number of nitrogens with one attached hydrogen (secondary N) is 1. The lowest BCUT2D eigenvalue weighted by atomic mass is 10.0. The summed E-state index contributed by atoms with van der Waals surface area (Å²) in [6.07, 6.45) is 20.9. The molecule has 1 aromatic rings. The molecule has 0 radical (unpaired) electrons. The fourth-order valence-electron chi connectivity index (χ4n) is 3.70. The molecule has 0 bridgehead atoms. The van der Waals surface area contributed by atoms with Crippen molar-refractivity contribution < 1.29 is 9.90 Å². The van der Waals surface area contributed by atoms with E-state index >= 15 is 0 Å². The van der Waals surface area contributed by atoms with E-state index in [-0.39, 0.29) is 11.9 Å². The summed E-state index contributed by atoms with van der Waals surface area (Å²) in [5.41, 5.74) is 0.839. The molecule has 3 nitrogen and oxygen atoms in total. The first kappa shape index (κ1) is 26.4. The largest absolute Gasteiger partial charge is 0.386 e. The molecule has 0 fully saturated rings. The molecule has 2 N–H and O–H groups in total. The molecule has 1 amide bonds. The van der Waals surface area contributed by atoms with Crippen molar-refractivity contribution in [2.75, 3.05) is 0 Å². The van der Waals surface area contributed by atoms with E-state index in [0.717, 1.165) is 18.4 Å². The Morgan fingerprint density at radius 2 is 1.40 bits per heavy atom. The Bertz CT molecular complexity index is 555. The molecule has 2 atom stereocenters. The number of aliphatic hydroxyl groups excluding tert-OH is 1. The molecular formula is C27H45NO2. The number of hydrogen-bond donors (Lipinski definition) is 2. The lowest BCUT2D eigenvalue weighted by Gasteiger charge is -2.20. The van der Waals surface area contributed by atoms with E-state index in [1.165, 1.54) is 70.6 Å². The molecule has 1 aromatic carbocycles. The van der Waals surface area contributed by atoms with Gasteiger partial charge in [0.1, 0.15) is 0 Å². The molecule has 3 heteroatoms. The van der Waals surface area contributed by atoms with Crippen LogP contribution in [0.5, 0.6) is 0 Å². The van der Waals surface area contributed by atoms with Crippen LogP contribution < -0.4 is 5.32 Å². The maximum absolute atomic E-state index is 12.1. The summed E-state index contributed by atoms with van der Waals surface area (Å²) >= 11 is 0. The number of hydrogen-bond acceptors (Lipinski definition) is 2. The zero-order chi connectivity index (χ0) is 21.9. The third kappa shape index (κ3) is 13.6. The van der Waals surface area contributed by atoms with Crippen molar-refractivity contribution in [3.8, 4) is 0 Å². The molecule has 170 valence electrons. The lowest BCUT2D eigenvalue weighted by Crippen LogP contribution is -2.36. The summed E-state index contributed by atoms with van der Waals surface area (Å²) in [6, 6.07) is 9.22. The molecule has 1 rings (SSSR count). The van der Waals surface area contributed by atoms with E-state index in [1.807, 2.05) is 37.3 Å². The van der Waals surface area contributed by atoms with Gasteiger partial charge >= 0.3 is 0 Å². The van der Waals surface area contributed by atoms with E-state index in [1.54, 1.807) is 0 Å². The van der Waals surface area contributed by atoms with Gasteiger partial charge in [0.05, 0.1) is 12.1 Å². The molecular weight excluding hydrogens is 370 g/mol. The van der Waals surface area contributed by atoms with Gasteiger partial charge in [0.15, 0.2) is 0 Å². The van der Waals surface area contributed by atoms with Gasteiger partial charge in [-0.3, -0.25) is 4.79 Å². The number of aliphatic hydroxyl groups is 1. The highest BCUT2D eigenvalue weighted by molar-refractivity contribution is 5.76. The first-order valence-electron chi connectivity index (χ1n) is 12.3. The molecule has 0 saturated heterocycles. The number of rotatable bonds is 18. The van der Waals surface area contributed by atoms with Crippen molar-refractivity contribution >= 4 is 5.91 Å². The van der Waals surface area contributed by atoms with Gasteiger partial charge in [-0.25, -0.2) is 0 Å². The Morgan fingerprint density at radius 1 is 0.867 bits per heavy atom. The lowest BCUT2D eigenvalue weighted by molar-refractivity contribution is -0.122. The standard InChI is InChI=1S/C27H45NO2/c1-3-4-5-6-7-8-9-10-11-12-13-14-15-16-20-23-26(29)28-24(2)27(30)25-21-18-17-19-22-25/h10-11,17-19,21-22,24,27,30H,3-9,12-16,20,23H2,1-2H3,(H,28,29)/b11-10-/t24-,27-/m1/s1. The number of allylic oxidation sites excluding steroid dienone is 2. The van der Waals surface area contributed by atoms with Crippen molar-refractivity contribution in [3.63, 3.8) is 0 Å². The van der Waals surface area contributed by atoms with Gasteiger partial charge in [-0.15, -0.1) is 0 Å². The highest BCUT2D eigenvalue weighted by atomic mass is 16.3. The predicted molar refractivity (Wildman–Crippen MR) is 128 cm³/mol. The smallest absolute Gasteiger partial charge is 0.220 e. The number of carbonyl (C=O) groups excluding carboxylic acids is 1. The van der Waals surface area contributed by atoms with E-state index in [4.69, 9.17) is 0 Å². The Balaban J connectivity index is 1.94. The normalized spacial score (nSPS) is 13.4. The first-order chi connectivity index (χ1) is 14.6. The summed E-state index contributed by atoms with van der Waals surface area (Å²) in [7, 11) is 0. The highest BCUT2D eigenvalue weighted by Crippen LogP contribution is 2.16. The van der Waals surface area contributed by atoms with E-state index in [9.17, 15) is 9.90 Å². The van der Waals surface area contributed by atoms with Crippen LogP contribution in [0.2, 0.25) is 0 Å². The molecule has 0 aliphatic heterocycles. The average Bonchev–Trinajstić information content (AvgIpc) is 2.76. The minimum Gasteiger partial charge on any atom is -0.386 e. The molecule has 0 aliphatic carbocycles. The van der Waals surface area contributed by atoms with E-state index in [0.29, 0.717) is 6.42 Å². The van der Waals surface area contributed by atoms with Gasteiger partial charge in [0.25, 0.3) is 0 Å². The SMILES string of the molecule is CCCCCCCC/C=C\CCCCCCCC(=O)N[C@H](C)[C@@H](O)c1ccccc1. The molecule has 30 heavy (non-hydrogen) atoms. The van der Waals surface area contributed by atoms with Crippen LogP contribution in [0.4, 0.5) is 0 Å². The van der Waals surface area contributed by atoms with Crippen LogP contribution in [0.1, 0.15) is 115 Å². The van der Waals surface area contributed by atoms with Gasteiger partial charge in [-0.05, 0) is 44.6 Å². The summed E-state index contributed by atoms with van der Waals surface area (Å²) in [6.45, 7) is 4.12. The molecule has 0 unspecified atom stereocenters. The van der Waals surface area contributed by atoms with Crippen molar-refractivity contribution in [1.82, 2.24) is 5.32 Å². The van der Waals surface area contributed by atoms with Crippen LogP contribution in [0.15, 0.2) is 42.5 Å². The van der Waals surface area contributed by atoms with Crippen LogP contribution in [-0.2, 0) is 4.79 Å². The summed E-state index contributed by atoms with van der Waals surface area (Å²) in [5, 5.41) is 13.3. The minimum absolute atomic E-state index is 0.0371. The fraction of sp³-hybridized carbons (Fsp3) is 0.667. The van der Waals surface area contributed by atoms with Crippen molar-refractivity contribution in [2.45, 2.75) is 116 Å². The van der Waals surface area contributed by atoms with Gasteiger partial charge in [0.2, 0.25) is 5.91 Å². The molecule has 0 spiro atoms. The molecule has 0 saturated carbocycles. The number of benzene rings is 1. The van der Waals surface area contributed by atoms with E-state index < -0.39 is 6.10 Å². The monoisotopic (exact) mass is 415 g/mol. The minimum atomic E-state index is -0.663. The van der Waals surface area contributed by atoms with Crippen LogP contribution in [0.3, 0.4) is 0 Å². The van der Waals surface area contributed by atoms with Gasteiger partial charge < -0.3 is 10.4 Å². The molecule has 0 heterocycles. The van der Waals surface area contributed by atoms with Gasteiger partial charge in [0, 0.05) is 6.42 Å². The van der Waals surface area contributed by atoms with Crippen molar-refractivity contribution in [2.24, 2.45) is 0 Å². The van der Waals surface area contributed by atoms with Gasteiger partial charge in [-0.1, -0.05) is 101 Å². The highest BCUT2D eigenvalue weighted by Gasteiger charge is 2.17. The van der Waals surface area contributed by atoms with Crippen LogP contribution >= 0.6 is 0 Å². The summed E-state index contributed by atoms with van der Waals surface area (Å²) < 4.78 is 0. The average molecular weight is 416 g/mol. The Kier molecular flexibility index (Phi) is 16.0. The van der Waals surface area contributed by atoms with Crippen LogP contribution in [0, 0.1) is 0 Å². The van der Waals surface area contributed by atoms with Crippen molar-refractivity contribution in [1.29, 1.82) is 0 Å². The maximum atomic E-state index is 12.1. The Morgan fingerprint density at radius 3 is 2.00 bits per heavy atom. The second-order valence-electron chi connectivity index (χ2n) is 8.55. The Hall–Kier alpha value is -1.61. The maximum Gasteiger partial charge on any atom is 0.220 e. The second-order valence-corrected chi connectivity index (χ2v) is 8.55. The first-order valence-corrected chi connectivity index (χ1v) is 12.3. The third-order valence-corrected chi connectivity index (χ3v) is 5.67. The van der Waals surface area contributed by atoms with E-state index in [2.05, 4.69) is 24.4 Å². The third-order valence-electron chi connectivity index (χ3n) is 5.67. The summed E-state index contributed by atoms with van der Waals surface area (Å²) in [5.74, 6) is 0.0371. The van der Waals surface area contributed by atoms with Gasteiger partial charge in [-0.2, -0.15) is 0 Å². The van der Waals surface area contributed by atoms with Crippen molar-refractivity contribution in [3.05, 3.63) is 48.0 Å². The predicted octanol–water partition coefficient (Wildman–Crippen LogP) is 7.26.